The second-order valence-electron chi connectivity index (χ2n) is 6.39. The van der Waals surface area contributed by atoms with Crippen LogP contribution < -0.4 is 5.32 Å². The second kappa shape index (κ2) is 3.23. The third-order valence-electron chi connectivity index (χ3n) is 4.21. The molecule has 0 aromatic rings. The Balaban J connectivity index is 1.79. The van der Waals surface area contributed by atoms with Gasteiger partial charge in [0.2, 0.25) is 0 Å². The van der Waals surface area contributed by atoms with E-state index in [2.05, 4.69) is 33.0 Å². The van der Waals surface area contributed by atoms with Gasteiger partial charge in [-0.25, -0.2) is 0 Å². The first-order valence-corrected chi connectivity index (χ1v) is 6.23. The summed E-state index contributed by atoms with van der Waals surface area (Å²) in [6, 6.07) is 0. The van der Waals surface area contributed by atoms with E-state index >= 15 is 0 Å². The first-order chi connectivity index (χ1) is 6.48. The molecule has 14 heavy (non-hydrogen) atoms. The van der Waals surface area contributed by atoms with Gasteiger partial charge in [-0.3, -0.25) is 0 Å². The number of rotatable bonds is 4. The molecule has 2 rings (SSSR count). The van der Waals surface area contributed by atoms with Crippen LogP contribution in [0.15, 0.2) is 0 Å². The summed E-state index contributed by atoms with van der Waals surface area (Å²) in [6.07, 6.45) is 5.94. The van der Waals surface area contributed by atoms with Crippen molar-refractivity contribution >= 4 is 0 Å². The minimum Gasteiger partial charge on any atom is -0.312 e. The van der Waals surface area contributed by atoms with Gasteiger partial charge in [-0.1, -0.05) is 6.92 Å². The Hall–Kier alpha value is -0.0400. The van der Waals surface area contributed by atoms with Crippen molar-refractivity contribution in [2.45, 2.75) is 58.9 Å². The highest BCUT2D eigenvalue weighted by molar-refractivity contribution is 5.10. The zero-order chi connectivity index (χ0) is 10.4. The van der Waals surface area contributed by atoms with Crippen molar-refractivity contribution in [2.75, 3.05) is 6.54 Å². The fraction of sp³-hybridized carbons (Fsp3) is 1.00. The van der Waals surface area contributed by atoms with Crippen molar-refractivity contribution < 1.29 is 0 Å². The largest absolute Gasteiger partial charge is 0.312 e. The third-order valence-corrected chi connectivity index (χ3v) is 4.21. The van der Waals surface area contributed by atoms with E-state index in [1.54, 1.807) is 0 Å². The highest BCUT2D eigenvalue weighted by Crippen LogP contribution is 2.67. The summed E-state index contributed by atoms with van der Waals surface area (Å²) >= 11 is 0. The molecule has 2 aliphatic rings. The van der Waals surface area contributed by atoms with Crippen LogP contribution in [0.2, 0.25) is 0 Å². The molecule has 2 fully saturated rings. The summed E-state index contributed by atoms with van der Waals surface area (Å²) in [4.78, 5) is 0. The van der Waals surface area contributed by atoms with Gasteiger partial charge in [-0.2, -0.15) is 0 Å². The molecular weight excluding hydrogens is 170 g/mol. The Kier molecular flexibility index (Phi) is 2.42. The van der Waals surface area contributed by atoms with E-state index in [0.29, 0.717) is 5.54 Å². The van der Waals surface area contributed by atoms with Crippen molar-refractivity contribution in [3.63, 3.8) is 0 Å². The van der Waals surface area contributed by atoms with Crippen molar-refractivity contribution in [2.24, 2.45) is 17.3 Å². The first kappa shape index (κ1) is 10.5. The first-order valence-electron chi connectivity index (χ1n) is 6.23. The molecule has 1 N–H and O–H groups in total. The quantitative estimate of drug-likeness (QED) is 0.726. The van der Waals surface area contributed by atoms with E-state index in [4.69, 9.17) is 0 Å². The molecule has 0 heterocycles. The van der Waals surface area contributed by atoms with Crippen LogP contribution in [0.4, 0.5) is 0 Å². The Morgan fingerprint density at radius 1 is 1.29 bits per heavy atom. The molecule has 0 spiro atoms. The van der Waals surface area contributed by atoms with E-state index in [-0.39, 0.29) is 0 Å². The standard InChI is InChI=1S/C13H25N/c1-5-13(10-6-7-10)8-11(13)9-14-12(2,3)4/h10-11,14H,5-9H2,1-4H3. The predicted molar refractivity (Wildman–Crippen MR) is 61.3 cm³/mol. The van der Waals surface area contributed by atoms with E-state index in [0.717, 1.165) is 17.3 Å². The predicted octanol–water partition coefficient (Wildman–Crippen LogP) is 3.20. The van der Waals surface area contributed by atoms with Crippen LogP contribution in [-0.2, 0) is 0 Å². The summed E-state index contributed by atoms with van der Waals surface area (Å²) in [5.74, 6) is 2.08. The van der Waals surface area contributed by atoms with Gasteiger partial charge in [-0.15, -0.1) is 0 Å². The smallest absolute Gasteiger partial charge is 0.00966 e. The number of hydrogen-bond acceptors (Lipinski definition) is 1. The molecule has 0 bridgehead atoms. The molecule has 1 heteroatoms. The van der Waals surface area contributed by atoms with Gasteiger partial charge in [0.15, 0.2) is 0 Å². The fourth-order valence-electron chi connectivity index (χ4n) is 2.98. The lowest BCUT2D eigenvalue weighted by Gasteiger charge is -2.22. The molecule has 0 saturated heterocycles. The van der Waals surface area contributed by atoms with Crippen LogP contribution in [0.5, 0.6) is 0 Å². The van der Waals surface area contributed by atoms with Gasteiger partial charge in [-0.05, 0) is 70.3 Å². The Labute approximate surface area is 88.7 Å². The van der Waals surface area contributed by atoms with Crippen LogP contribution in [0.25, 0.3) is 0 Å². The molecular formula is C13H25N. The summed E-state index contributed by atoms with van der Waals surface area (Å²) in [5.41, 5.74) is 1.07. The average molecular weight is 195 g/mol. The van der Waals surface area contributed by atoms with Gasteiger partial charge in [0.25, 0.3) is 0 Å². The highest BCUT2D eigenvalue weighted by atomic mass is 15.0. The van der Waals surface area contributed by atoms with E-state index < -0.39 is 0 Å². The molecule has 0 aliphatic heterocycles. The molecule has 2 aliphatic carbocycles. The molecule has 1 nitrogen and oxygen atoms in total. The summed E-state index contributed by atoms with van der Waals surface area (Å²) in [6.45, 7) is 10.4. The zero-order valence-corrected chi connectivity index (χ0v) is 10.2. The Morgan fingerprint density at radius 3 is 2.36 bits per heavy atom. The topological polar surface area (TPSA) is 12.0 Å². The SMILES string of the molecule is CCC1(C2CC2)CC1CNC(C)(C)C. The van der Waals surface area contributed by atoms with E-state index in [1.807, 2.05) is 0 Å². The van der Waals surface area contributed by atoms with Gasteiger partial charge >= 0.3 is 0 Å². The Morgan fingerprint density at radius 2 is 1.93 bits per heavy atom. The van der Waals surface area contributed by atoms with Crippen molar-refractivity contribution in [1.82, 2.24) is 5.32 Å². The number of nitrogens with one attached hydrogen (secondary N) is 1. The summed E-state index contributed by atoms with van der Waals surface area (Å²) < 4.78 is 0. The molecule has 2 unspecified atom stereocenters. The maximum Gasteiger partial charge on any atom is 0.00966 e. The number of hydrogen-bond donors (Lipinski definition) is 1. The van der Waals surface area contributed by atoms with Gasteiger partial charge in [0.1, 0.15) is 0 Å². The molecule has 0 radical (unpaired) electrons. The monoisotopic (exact) mass is 195 g/mol. The fourth-order valence-corrected chi connectivity index (χ4v) is 2.98. The molecule has 2 saturated carbocycles. The lowest BCUT2D eigenvalue weighted by Crippen LogP contribution is -2.37. The molecule has 0 aromatic heterocycles. The van der Waals surface area contributed by atoms with Crippen LogP contribution in [0.1, 0.15) is 53.4 Å². The molecule has 82 valence electrons. The molecule has 2 atom stereocenters. The second-order valence-corrected chi connectivity index (χ2v) is 6.39. The van der Waals surface area contributed by atoms with Gasteiger partial charge < -0.3 is 5.32 Å². The van der Waals surface area contributed by atoms with Crippen molar-refractivity contribution in [1.29, 1.82) is 0 Å². The third kappa shape index (κ3) is 1.98. The van der Waals surface area contributed by atoms with Crippen LogP contribution in [0.3, 0.4) is 0 Å². The lowest BCUT2D eigenvalue weighted by atomic mass is 9.93. The highest BCUT2D eigenvalue weighted by Gasteiger charge is 2.59. The maximum atomic E-state index is 3.66. The lowest BCUT2D eigenvalue weighted by molar-refractivity contribution is 0.342. The summed E-state index contributed by atoms with van der Waals surface area (Å²) in [5, 5.41) is 3.66. The maximum absolute atomic E-state index is 3.66. The van der Waals surface area contributed by atoms with Crippen LogP contribution in [0, 0.1) is 17.3 Å². The molecule has 0 aromatic carbocycles. The normalized spacial score (nSPS) is 37.3. The average Bonchev–Trinajstić information content (AvgIpc) is 2.94. The minimum atomic E-state index is 0.297. The van der Waals surface area contributed by atoms with Crippen LogP contribution in [-0.4, -0.2) is 12.1 Å². The van der Waals surface area contributed by atoms with Crippen molar-refractivity contribution in [3.8, 4) is 0 Å². The van der Waals surface area contributed by atoms with Gasteiger partial charge in [0, 0.05) is 5.54 Å². The van der Waals surface area contributed by atoms with Crippen LogP contribution >= 0.6 is 0 Å². The zero-order valence-electron chi connectivity index (χ0n) is 10.2. The van der Waals surface area contributed by atoms with Gasteiger partial charge in [0.05, 0.1) is 0 Å². The minimum absolute atomic E-state index is 0.297. The summed E-state index contributed by atoms with van der Waals surface area (Å²) in [7, 11) is 0. The molecule has 0 amide bonds. The van der Waals surface area contributed by atoms with E-state index in [1.165, 1.54) is 32.2 Å². The van der Waals surface area contributed by atoms with E-state index in [9.17, 15) is 0 Å². The van der Waals surface area contributed by atoms with Crippen molar-refractivity contribution in [3.05, 3.63) is 0 Å². The Bertz CT molecular complexity index is 212.